The van der Waals surface area contributed by atoms with E-state index in [2.05, 4.69) is 38.2 Å². The van der Waals surface area contributed by atoms with Crippen molar-refractivity contribution in [2.45, 2.75) is 309 Å². The van der Waals surface area contributed by atoms with E-state index in [0.29, 0.717) is 19.3 Å². The highest BCUT2D eigenvalue weighted by Crippen LogP contribution is 2.18. The molecule has 6 nitrogen and oxygen atoms in total. The van der Waals surface area contributed by atoms with E-state index < -0.39 is 18.2 Å². The number of allylic oxidation sites excluding steroid dienone is 2. The third-order valence-electron chi connectivity index (χ3n) is 12.3. The Hall–Kier alpha value is -1.40. The molecular formula is C53H103NO5. The van der Waals surface area contributed by atoms with Crippen molar-refractivity contribution in [1.82, 2.24) is 5.32 Å². The summed E-state index contributed by atoms with van der Waals surface area (Å²) in [5.74, 6) is -0.466. The maximum atomic E-state index is 13.2. The summed E-state index contributed by atoms with van der Waals surface area (Å²) in [6.45, 7) is 6.48. The maximum Gasteiger partial charge on any atom is 0.306 e. The zero-order valence-electron chi connectivity index (χ0n) is 39.9. The number of aliphatic hydroxyl groups excluding tert-OH is 2. The van der Waals surface area contributed by atoms with Crippen molar-refractivity contribution in [3.05, 3.63) is 12.2 Å². The average molecular weight is 834 g/mol. The Bertz CT molecular complexity index is 893. The van der Waals surface area contributed by atoms with Gasteiger partial charge >= 0.3 is 5.97 Å². The number of aliphatic hydroxyl groups is 2. The van der Waals surface area contributed by atoms with Crippen molar-refractivity contribution in [3.8, 4) is 0 Å². The molecule has 0 aromatic heterocycles. The van der Waals surface area contributed by atoms with E-state index in [9.17, 15) is 19.8 Å². The number of amides is 1. The van der Waals surface area contributed by atoms with Gasteiger partial charge in [0.05, 0.1) is 25.2 Å². The van der Waals surface area contributed by atoms with Crippen LogP contribution in [0.15, 0.2) is 12.2 Å². The average Bonchev–Trinajstić information content (AvgIpc) is 3.23. The van der Waals surface area contributed by atoms with Gasteiger partial charge in [0.2, 0.25) is 5.91 Å². The highest BCUT2D eigenvalue weighted by Gasteiger charge is 2.24. The fraction of sp³-hybridized carbons (Fsp3) is 0.925. The van der Waals surface area contributed by atoms with Gasteiger partial charge < -0.3 is 20.3 Å². The molecule has 3 N–H and O–H groups in total. The Balaban J connectivity index is 4.34. The molecule has 350 valence electrons. The first-order chi connectivity index (χ1) is 29.0. The third-order valence-corrected chi connectivity index (χ3v) is 12.3. The van der Waals surface area contributed by atoms with Crippen molar-refractivity contribution >= 4 is 11.9 Å². The molecule has 0 aliphatic rings. The van der Waals surface area contributed by atoms with Gasteiger partial charge in [-0.25, -0.2) is 0 Å². The van der Waals surface area contributed by atoms with Crippen molar-refractivity contribution in [2.24, 2.45) is 0 Å². The van der Waals surface area contributed by atoms with Crippen LogP contribution in [0.5, 0.6) is 0 Å². The molecule has 0 saturated carbocycles. The zero-order valence-corrected chi connectivity index (χ0v) is 39.9. The van der Waals surface area contributed by atoms with Crippen LogP contribution < -0.4 is 5.32 Å². The smallest absolute Gasteiger partial charge is 0.306 e. The molecule has 0 rings (SSSR count). The predicted molar refractivity (Wildman–Crippen MR) is 255 cm³/mol. The number of unbranched alkanes of at least 4 members (excludes halogenated alkanes) is 34. The maximum absolute atomic E-state index is 13.2. The number of hydrogen-bond acceptors (Lipinski definition) is 5. The fourth-order valence-electron chi connectivity index (χ4n) is 8.31. The highest BCUT2D eigenvalue weighted by molar-refractivity contribution is 5.77. The Kier molecular flexibility index (Phi) is 46.5. The second kappa shape index (κ2) is 47.6. The number of rotatable bonds is 48. The monoisotopic (exact) mass is 834 g/mol. The van der Waals surface area contributed by atoms with Crippen molar-refractivity contribution in [1.29, 1.82) is 0 Å². The molecule has 6 heteroatoms. The normalized spacial score (nSPS) is 13.2. The largest absolute Gasteiger partial charge is 0.462 e. The van der Waals surface area contributed by atoms with Gasteiger partial charge in [0, 0.05) is 6.42 Å². The number of ether oxygens (including phenoxy) is 1. The van der Waals surface area contributed by atoms with Gasteiger partial charge in [-0.1, -0.05) is 238 Å². The summed E-state index contributed by atoms with van der Waals surface area (Å²) >= 11 is 0. The standard InChI is InChI=1S/C53H103NO5/c1-4-7-10-13-16-19-21-23-25-26-28-29-31-33-36-39-42-45-51(56)50(48-55)54-52(57)47-49(44-41-38-35-18-15-12-9-6-3)59-53(58)46-43-40-37-34-32-30-27-24-22-20-17-14-11-8-5-2/h20,22,49-51,55-56H,4-19,21,23-48H2,1-3H3,(H,54,57)/b22-20-. The van der Waals surface area contributed by atoms with Gasteiger partial charge in [0.25, 0.3) is 0 Å². The predicted octanol–water partition coefficient (Wildman–Crippen LogP) is 15.7. The van der Waals surface area contributed by atoms with Gasteiger partial charge in [-0.2, -0.15) is 0 Å². The number of carbonyl (C=O) groups is 2. The number of nitrogens with one attached hydrogen (secondary N) is 1. The first-order valence-electron chi connectivity index (χ1n) is 26.4. The Morgan fingerprint density at radius 3 is 1.22 bits per heavy atom. The molecule has 3 atom stereocenters. The van der Waals surface area contributed by atoms with E-state index in [1.54, 1.807) is 0 Å². The van der Waals surface area contributed by atoms with Crippen LogP contribution in [0.2, 0.25) is 0 Å². The lowest BCUT2D eigenvalue weighted by Crippen LogP contribution is -2.46. The molecule has 0 aliphatic heterocycles. The summed E-state index contributed by atoms with van der Waals surface area (Å²) in [5, 5.41) is 23.8. The molecule has 0 fully saturated rings. The van der Waals surface area contributed by atoms with Crippen LogP contribution in [0.3, 0.4) is 0 Å². The summed E-state index contributed by atoms with van der Waals surface area (Å²) in [5.41, 5.74) is 0. The second-order valence-electron chi connectivity index (χ2n) is 18.3. The van der Waals surface area contributed by atoms with Gasteiger partial charge in [0.15, 0.2) is 0 Å². The molecule has 0 heterocycles. The third kappa shape index (κ3) is 43.1. The quantitative estimate of drug-likeness (QED) is 0.0322. The van der Waals surface area contributed by atoms with Crippen LogP contribution >= 0.6 is 0 Å². The number of carbonyl (C=O) groups excluding carboxylic acids is 2. The molecule has 59 heavy (non-hydrogen) atoms. The van der Waals surface area contributed by atoms with Crippen LogP contribution in [0.1, 0.15) is 290 Å². The lowest BCUT2D eigenvalue weighted by molar-refractivity contribution is -0.151. The molecule has 0 aromatic carbocycles. The second-order valence-corrected chi connectivity index (χ2v) is 18.3. The molecular weight excluding hydrogens is 731 g/mol. The van der Waals surface area contributed by atoms with Gasteiger partial charge in [-0.15, -0.1) is 0 Å². The Labute approximate surface area is 368 Å². The van der Waals surface area contributed by atoms with Crippen LogP contribution in [-0.2, 0) is 14.3 Å². The van der Waals surface area contributed by atoms with Crippen LogP contribution in [0.25, 0.3) is 0 Å². The van der Waals surface area contributed by atoms with E-state index in [1.165, 1.54) is 199 Å². The lowest BCUT2D eigenvalue weighted by atomic mass is 10.0. The number of esters is 1. The topological polar surface area (TPSA) is 95.9 Å². The fourth-order valence-corrected chi connectivity index (χ4v) is 8.31. The minimum Gasteiger partial charge on any atom is -0.462 e. The summed E-state index contributed by atoms with van der Waals surface area (Å²) in [6.07, 6.45) is 52.8. The van der Waals surface area contributed by atoms with Crippen molar-refractivity contribution < 1.29 is 24.5 Å². The Morgan fingerprint density at radius 2 is 0.814 bits per heavy atom. The molecule has 0 saturated heterocycles. The zero-order chi connectivity index (χ0) is 43.1. The Morgan fingerprint density at radius 1 is 0.475 bits per heavy atom. The van der Waals surface area contributed by atoms with E-state index >= 15 is 0 Å². The van der Waals surface area contributed by atoms with E-state index in [4.69, 9.17) is 4.74 Å². The van der Waals surface area contributed by atoms with E-state index in [-0.39, 0.29) is 24.9 Å². The molecule has 0 aliphatic carbocycles. The lowest BCUT2D eigenvalue weighted by Gasteiger charge is -2.24. The molecule has 0 radical (unpaired) electrons. The first-order valence-corrected chi connectivity index (χ1v) is 26.4. The minimum atomic E-state index is -0.782. The minimum absolute atomic E-state index is 0.0820. The number of hydrogen-bond donors (Lipinski definition) is 3. The van der Waals surface area contributed by atoms with Crippen molar-refractivity contribution in [2.75, 3.05) is 6.61 Å². The van der Waals surface area contributed by atoms with Crippen LogP contribution in [0.4, 0.5) is 0 Å². The van der Waals surface area contributed by atoms with E-state index in [1.807, 2.05) is 0 Å². The van der Waals surface area contributed by atoms with E-state index in [0.717, 1.165) is 44.9 Å². The van der Waals surface area contributed by atoms with Crippen molar-refractivity contribution in [3.63, 3.8) is 0 Å². The highest BCUT2D eigenvalue weighted by atomic mass is 16.5. The summed E-state index contributed by atoms with van der Waals surface area (Å²) in [7, 11) is 0. The molecule has 1 amide bonds. The van der Waals surface area contributed by atoms with Gasteiger partial charge in [-0.05, 0) is 51.4 Å². The first kappa shape index (κ1) is 57.6. The van der Waals surface area contributed by atoms with Gasteiger partial charge in [0.1, 0.15) is 6.10 Å². The molecule has 0 aromatic rings. The summed E-state index contributed by atoms with van der Waals surface area (Å²) in [6, 6.07) is -0.695. The molecule has 3 unspecified atom stereocenters. The summed E-state index contributed by atoms with van der Waals surface area (Å²) < 4.78 is 5.91. The van der Waals surface area contributed by atoms with Gasteiger partial charge in [-0.3, -0.25) is 9.59 Å². The van der Waals surface area contributed by atoms with Crippen LogP contribution in [-0.4, -0.2) is 46.9 Å². The molecule has 0 spiro atoms. The van der Waals surface area contributed by atoms with Crippen LogP contribution in [0, 0.1) is 0 Å². The summed E-state index contributed by atoms with van der Waals surface area (Å²) in [4.78, 5) is 26.0. The SMILES string of the molecule is CCCCCC/C=C\CCCCCCCCCC(=O)OC(CCCCCCCCCC)CC(=O)NC(CO)C(O)CCCCCCCCCCCCCCCCCCC. The molecule has 0 bridgehead atoms.